The monoisotopic (exact) mass is 248 g/mol. The van der Waals surface area contributed by atoms with Gasteiger partial charge in [0.05, 0.1) is 5.52 Å². The van der Waals surface area contributed by atoms with Crippen LogP contribution in [0.1, 0.15) is 11.3 Å². The molecule has 0 amide bonds. The van der Waals surface area contributed by atoms with Crippen molar-refractivity contribution in [2.45, 2.75) is 13.5 Å². The van der Waals surface area contributed by atoms with Gasteiger partial charge in [-0.1, -0.05) is 36.4 Å². The van der Waals surface area contributed by atoms with Gasteiger partial charge in [-0.15, -0.1) is 0 Å². The summed E-state index contributed by atoms with van der Waals surface area (Å²) in [7, 11) is 0. The van der Waals surface area contributed by atoms with Crippen LogP contribution in [0.2, 0.25) is 0 Å². The second kappa shape index (κ2) is 5.11. The summed E-state index contributed by atoms with van der Waals surface area (Å²) in [5, 5.41) is 4.67. The molecule has 0 radical (unpaired) electrons. The maximum Gasteiger partial charge on any atom is 0.0708 e. The van der Waals surface area contributed by atoms with Gasteiger partial charge < -0.3 is 5.32 Å². The Balaban J connectivity index is 1.92. The zero-order valence-electron chi connectivity index (χ0n) is 10.9. The molecule has 1 heterocycles. The minimum absolute atomic E-state index is 0.813. The largest absolute Gasteiger partial charge is 0.381 e. The predicted octanol–water partition coefficient (Wildman–Crippen LogP) is 4.16. The van der Waals surface area contributed by atoms with Crippen molar-refractivity contribution >= 4 is 16.6 Å². The van der Waals surface area contributed by atoms with Crippen LogP contribution in [-0.4, -0.2) is 4.98 Å². The third-order valence-corrected chi connectivity index (χ3v) is 3.19. The van der Waals surface area contributed by atoms with Crippen LogP contribution in [0.5, 0.6) is 0 Å². The van der Waals surface area contributed by atoms with E-state index in [9.17, 15) is 0 Å². The van der Waals surface area contributed by atoms with Crippen LogP contribution in [-0.2, 0) is 6.54 Å². The lowest BCUT2D eigenvalue weighted by molar-refractivity contribution is 1.13. The first-order chi connectivity index (χ1) is 9.33. The minimum Gasteiger partial charge on any atom is -0.381 e. The maximum atomic E-state index is 4.56. The molecule has 3 aromatic rings. The van der Waals surface area contributed by atoms with Crippen molar-refractivity contribution < 1.29 is 0 Å². The maximum absolute atomic E-state index is 4.56. The Morgan fingerprint density at radius 3 is 2.53 bits per heavy atom. The van der Waals surface area contributed by atoms with Gasteiger partial charge in [-0.25, -0.2) is 0 Å². The lowest BCUT2D eigenvalue weighted by Crippen LogP contribution is -2.01. The number of rotatable bonds is 3. The van der Waals surface area contributed by atoms with Gasteiger partial charge in [0.2, 0.25) is 0 Å². The average molecular weight is 248 g/mol. The van der Waals surface area contributed by atoms with Crippen molar-refractivity contribution in [3.05, 3.63) is 71.9 Å². The van der Waals surface area contributed by atoms with E-state index in [0.29, 0.717) is 0 Å². The summed E-state index contributed by atoms with van der Waals surface area (Å²) in [6, 6.07) is 20.7. The third kappa shape index (κ3) is 2.58. The second-order valence-corrected chi connectivity index (χ2v) is 4.66. The van der Waals surface area contributed by atoms with E-state index in [1.807, 2.05) is 31.2 Å². The molecule has 0 bridgehead atoms. The van der Waals surface area contributed by atoms with Crippen LogP contribution in [0.25, 0.3) is 10.9 Å². The quantitative estimate of drug-likeness (QED) is 0.753. The number of benzene rings is 2. The first-order valence-electron chi connectivity index (χ1n) is 6.47. The summed E-state index contributed by atoms with van der Waals surface area (Å²) < 4.78 is 0. The Morgan fingerprint density at radius 2 is 1.68 bits per heavy atom. The Bertz CT molecular complexity index is 690. The number of aryl methyl sites for hydroxylation is 1. The van der Waals surface area contributed by atoms with E-state index in [1.165, 1.54) is 10.9 Å². The van der Waals surface area contributed by atoms with Gasteiger partial charge in [0, 0.05) is 23.3 Å². The number of aromatic nitrogens is 1. The van der Waals surface area contributed by atoms with Gasteiger partial charge in [-0.2, -0.15) is 0 Å². The summed E-state index contributed by atoms with van der Waals surface area (Å²) >= 11 is 0. The predicted molar refractivity (Wildman–Crippen MR) is 80.2 cm³/mol. The number of para-hydroxylation sites is 2. The molecule has 2 aromatic carbocycles. The van der Waals surface area contributed by atoms with Crippen molar-refractivity contribution in [1.82, 2.24) is 4.98 Å². The van der Waals surface area contributed by atoms with E-state index in [4.69, 9.17) is 0 Å². The minimum atomic E-state index is 0.813. The SMILES string of the molecule is Cc1cc(CNc2ccccc2)c2ccccc2n1. The van der Waals surface area contributed by atoms with E-state index in [1.54, 1.807) is 0 Å². The molecule has 0 unspecified atom stereocenters. The molecule has 0 saturated heterocycles. The molecule has 0 aliphatic rings. The first kappa shape index (κ1) is 11.7. The lowest BCUT2D eigenvalue weighted by Gasteiger charge is -2.10. The first-order valence-corrected chi connectivity index (χ1v) is 6.47. The number of nitrogens with one attached hydrogen (secondary N) is 1. The Labute approximate surface area is 113 Å². The van der Waals surface area contributed by atoms with Crippen molar-refractivity contribution in [3.8, 4) is 0 Å². The molecule has 0 fully saturated rings. The molecular weight excluding hydrogens is 232 g/mol. The molecule has 0 aliphatic heterocycles. The smallest absolute Gasteiger partial charge is 0.0708 e. The molecule has 94 valence electrons. The summed E-state index contributed by atoms with van der Waals surface area (Å²) in [5.74, 6) is 0. The number of fused-ring (bicyclic) bond motifs is 1. The highest BCUT2D eigenvalue weighted by Crippen LogP contribution is 2.19. The zero-order valence-corrected chi connectivity index (χ0v) is 10.9. The number of hydrogen-bond acceptors (Lipinski definition) is 2. The summed E-state index contributed by atoms with van der Waals surface area (Å²) in [4.78, 5) is 4.56. The molecule has 1 N–H and O–H groups in total. The van der Waals surface area contributed by atoms with Gasteiger partial charge in [0.25, 0.3) is 0 Å². The van der Waals surface area contributed by atoms with Gasteiger partial charge in [-0.3, -0.25) is 4.98 Å². The third-order valence-electron chi connectivity index (χ3n) is 3.19. The molecule has 3 rings (SSSR count). The van der Waals surface area contributed by atoms with Gasteiger partial charge >= 0.3 is 0 Å². The molecule has 2 heteroatoms. The normalized spacial score (nSPS) is 10.6. The second-order valence-electron chi connectivity index (χ2n) is 4.66. The van der Waals surface area contributed by atoms with E-state index >= 15 is 0 Å². The Kier molecular flexibility index (Phi) is 3.15. The molecule has 0 spiro atoms. The van der Waals surface area contributed by atoms with E-state index < -0.39 is 0 Å². The van der Waals surface area contributed by atoms with E-state index in [0.717, 1.165) is 23.4 Å². The van der Waals surface area contributed by atoms with Gasteiger partial charge in [0.1, 0.15) is 0 Å². The van der Waals surface area contributed by atoms with Crippen molar-refractivity contribution in [3.63, 3.8) is 0 Å². The Hall–Kier alpha value is -2.35. The number of pyridine rings is 1. The molecule has 0 aliphatic carbocycles. The van der Waals surface area contributed by atoms with Crippen molar-refractivity contribution in [1.29, 1.82) is 0 Å². The van der Waals surface area contributed by atoms with Gasteiger partial charge in [-0.05, 0) is 36.8 Å². The molecule has 1 aromatic heterocycles. The number of hydrogen-bond donors (Lipinski definition) is 1. The molecule has 0 saturated carbocycles. The lowest BCUT2D eigenvalue weighted by atomic mass is 10.1. The molecule has 2 nitrogen and oxygen atoms in total. The number of nitrogens with zero attached hydrogens (tertiary/aromatic N) is 1. The van der Waals surface area contributed by atoms with Crippen molar-refractivity contribution in [2.24, 2.45) is 0 Å². The fourth-order valence-electron chi connectivity index (χ4n) is 2.29. The van der Waals surface area contributed by atoms with E-state index in [2.05, 4.69) is 46.7 Å². The zero-order chi connectivity index (χ0) is 13.1. The summed E-state index contributed by atoms with van der Waals surface area (Å²) in [5.41, 5.74) is 4.55. The number of anilines is 1. The standard InChI is InChI=1S/C17H16N2/c1-13-11-14(12-18-15-7-3-2-4-8-15)16-9-5-6-10-17(16)19-13/h2-11,18H,12H2,1H3. The summed E-state index contributed by atoms with van der Waals surface area (Å²) in [6.07, 6.45) is 0. The average Bonchev–Trinajstić information content (AvgIpc) is 2.45. The van der Waals surface area contributed by atoms with Crippen LogP contribution in [0.4, 0.5) is 5.69 Å². The fraction of sp³-hybridized carbons (Fsp3) is 0.118. The van der Waals surface area contributed by atoms with Crippen LogP contribution < -0.4 is 5.32 Å². The summed E-state index contributed by atoms with van der Waals surface area (Å²) in [6.45, 7) is 2.85. The highest BCUT2D eigenvalue weighted by molar-refractivity contribution is 5.82. The fourth-order valence-corrected chi connectivity index (χ4v) is 2.29. The highest BCUT2D eigenvalue weighted by atomic mass is 14.9. The molecular formula is C17H16N2. The highest BCUT2D eigenvalue weighted by Gasteiger charge is 2.03. The van der Waals surface area contributed by atoms with Crippen molar-refractivity contribution in [2.75, 3.05) is 5.32 Å². The topological polar surface area (TPSA) is 24.9 Å². The molecule has 0 atom stereocenters. The van der Waals surface area contributed by atoms with Crippen LogP contribution >= 0.6 is 0 Å². The van der Waals surface area contributed by atoms with E-state index in [-0.39, 0.29) is 0 Å². The van der Waals surface area contributed by atoms with Gasteiger partial charge in [0.15, 0.2) is 0 Å². The molecule has 19 heavy (non-hydrogen) atoms. The van der Waals surface area contributed by atoms with Crippen LogP contribution in [0, 0.1) is 6.92 Å². The van der Waals surface area contributed by atoms with Crippen LogP contribution in [0.15, 0.2) is 60.7 Å². The Morgan fingerprint density at radius 1 is 0.947 bits per heavy atom. The van der Waals surface area contributed by atoms with Crippen LogP contribution in [0.3, 0.4) is 0 Å².